The molecule has 2 aromatic carbocycles. The highest BCUT2D eigenvalue weighted by Crippen LogP contribution is 2.29. The zero-order chi connectivity index (χ0) is 18.4. The van der Waals surface area contributed by atoms with Crippen molar-refractivity contribution in [2.24, 2.45) is 0 Å². The molecule has 26 heavy (non-hydrogen) atoms. The molecule has 0 fully saturated rings. The summed E-state index contributed by atoms with van der Waals surface area (Å²) >= 11 is 4.78. The number of carbonyl (C=O) groups is 1. The largest absolute Gasteiger partial charge is 0.494 e. The van der Waals surface area contributed by atoms with E-state index in [0.717, 1.165) is 33.3 Å². The van der Waals surface area contributed by atoms with Crippen LogP contribution in [0.15, 0.2) is 46.9 Å². The van der Waals surface area contributed by atoms with Gasteiger partial charge in [0.15, 0.2) is 11.7 Å². The Labute approximate surface area is 164 Å². The molecule has 0 unspecified atom stereocenters. The molecular formula is C19H19BrN2O3S. The van der Waals surface area contributed by atoms with E-state index in [0.29, 0.717) is 17.5 Å². The van der Waals surface area contributed by atoms with E-state index in [4.69, 9.17) is 9.47 Å². The molecule has 7 heteroatoms. The number of carbonyl (C=O) groups excluding carboxylic acids is 1. The van der Waals surface area contributed by atoms with Crippen molar-refractivity contribution in [3.05, 3.63) is 46.9 Å². The average Bonchev–Trinajstić information content (AvgIpc) is 3.03. The lowest BCUT2D eigenvalue weighted by atomic mass is 10.3. The Hall–Kier alpha value is -2.12. The van der Waals surface area contributed by atoms with Gasteiger partial charge in [-0.2, -0.15) is 0 Å². The Kier molecular flexibility index (Phi) is 6.46. The maximum Gasteiger partial charge on any atom is 0.264 e. The van der Waals surface area contributed by atoms with Crippen molar-refractivity contribution >= 4 is 48.5 Å². The van der Waals surface area contributed by atoms with Crippen LogP contribution in [0.4, 0.5) is 5.13 Å². The van der Waals surface area contributed by atoms with Gasteiger partial charge in [0.2, 0.25) is 0 Å². The predicted molar refractivity (Wildman–Crippen MR) is 108 cm³/mol. The molecule has 1 N–H and O–H groups in total. The molecule has 0 aliphatic heterocycles. The number of benzene rings is 2. The van der Waals surface area contributed by atoms with Gasteiger partial charge in [0.05, 0.1) is 16.8 Å². The SMILES string of the molecule is CCCCOc1ccc2nc(NC(=O)COc3ccc(Br)cc3)sc2c1. The number of unbranched alkanes of at least 4 members (excludes halogenated alkanes) is 1. The van der Waals surface area contributed by atoms with Crippen molar-refractivity contribution in [2.45, 2.75) is 19.8 Å². The summed E-state index contributed by atoms with van der Waals surface area (Å²) in [6.07, 6.45) is 2.13. The molecule has 136 valence electrons. The second kappa shape index (κ2) is 9.00. The number of ether oxygens (including phenoxy) is 2. The zero-order valence-electron chi connectivity index (χ0n) is 14.3. The first-order valence-electron chi connectivity index (χ1n) is 8.35. The standard InChI is InChI=1S/C19H19BrN2O3S/c1-2-3-10-24-15-8-9-16-17(11-15)26-19(21-16)22-18(23)12-25-14-6-4-13(20)5-7-14/h4-9,11H,2-3,10,12H2,1H3,(H,21,22,23). The number of hydrogen-bond donors (Lipinski definition) is 1. The maximum atomic E-state index is 12.1. The number of amides is 1. The van der Waals surface area contributed by atoms with Crippen molar-refractivity contribution in [1.82, 2.24) is 4.98 Å². The fraction of sp³-hybridized carbons (Fsp3) is 0.263. The number of anilines is 1. The van der Waals surface area contributed by atoms with E-state index in [1.54, 1.807) is 12.1 Å². The molecule has 0 spiro atoms. The second-order valence-electron chi connectivity index (χ2n) is 5.64. The van der Waals surface area contributed by atoms with Crippen LogP contribution in [0, 0.1) is 0 Å². The van der Waals surface area contributed by atoms with Crippen molar-refractivity contribution in [1.29, 1.82) is 0 Å². The molecule has 3 aromatic rings. The van der Waals surface area contributed by atoms with Gasteiger partial charge in [-0.15, -0.1) is 0 Å². The van der Waals surface area contributed by atoms with E-state index >= 15 is 0 Å². The van der Waals surface area contributed by atoms with Crippen LogP contribution < -0.4 is 14.8 Å². The monoisotopic (exact) mass is 434 g/mol. The van der Waals surface area contributed by atoms with Gasteiger partial charge in [-0.25, -0.2) is 4.98 Å². The normalized spacial score (nSPS) is 10.7. The number of nitrogens with one attached hydrogen (secondary N) is 1. The number of thiazole rings is 1. The molecular weight excluding hydrogens is 416 g/mol. The molecule has 5 nitrogen and oxygen atoms in total. The quantitative estimate of drug-likeness (QED) is 0.491. The Balaban J connectivity index is 1.57. The van der Waals surface area contributed by atoms with E-state index in [2.05, 4.69) is 33.2 Å². The van der Waals surface area contributed by atoms with Gasteiger partial charge < -0.3 is 9.47 Å². The molecule has 0 atom stereocenters. The van der Waals surface area contributed by atoms with E-state index in [9.17, 15) is 4.79 Å². The molecule has 1 amide bonds. The predicted octanol–water partition coefficient (Wildman–Crippen LogP) is 5.26. The average molecular weight is 435 g/mol. The van der Waals surface area contributed by atoms with Crippen LogP contribution in [0.2, 0.25) is 0 Å². The Morgan fingerprint density at radius 1 is 1.15 bits per heavy atom. The first-order valence-corrected chi connectivity index (χ1v) is 9.96. The van der Waals surface area contributed by atoms with Crippen molar-refractivity contribution < 1.29 is 14.3 Å². The van der Waals surface area contributed by atoms with Gasteiger partial charge >= 0.3 is 0 Å². The highest BCUT2D eigenvalue weighted by molar-refractivity contribution is 9.10. The summed E-state index contributed by atoms with van der Waals surface area (Å²) in [6.45, 7) is 2.77. The van der Waals surface area contributed by atoms with Crippen LogP contribution in [-0.2, 0) is 4.79 Å². The third-order valence-corrected chi connectivity index (χ3v) is 5.02. The lowest BCUT2D eigenvalue weighted by molar-refractivity contribution is -0.118. The lowest BCUT2D eigenvalue weighted by Crippen LogP contribution is -2.19. The van der Waals surface area contributed by atoms with Gasteiger partial charge in [0.1, 0.15) is 11.5 Å². The minimum Gasteiger partial charge on any atom is -0.494 e. The van der Waals surface area contributed by atoms with Crippen molar-refractivity contribution in [3.8, 4) is 11.5 Å². The second-order valence-corrected chi connectivity index (χ2v) is 7.59. The van der Waals surface area contributed by atoms with Crippen LogP contribution in [0.5, 0.6) is 11.5 Å². The number of rotatable bonds is 8. The van der Waals surface area contributed by atoms with Gasteiger partial charge in [-0.05, 0) is 48.9 Å². The molecule has 1 aromatic heterocycles. The fourth-order valence-electron chi connectivity index (χ4n) is 2.22. The molecule has 0 aliphatic carbocycles. The van der Waals surface area contributed by atoms with E-state index in [-0.39, 0.29) is 12.5 Å². The summed E-state index contributed by atoms with van der Waals surface area (Å²) in [4.78, 5) is 16.5. The molecule has 3 rings (SSSR count). The lowest BCUT2D eigenvalue weighted by Gasteiger charge is -2.05. The summed E-state index contributed by atoms with van der Waals surface area (Å²) in [5.41, 5.74) is 0.835. The summed E-state index contributed by atoms with van der Waals surface area (Å²) < 4.78 is 13.1. The maximum absolute atomic E-state index is 12.1. The Morgan fingerprint density at radius 2 is 1.92 bits per heavy atom. The number of nitrogens with zero attached hydrogens (tertiary/aromatic N) is 1. The summed E-state index contributed by atoms with van der Waals surface area (Å²) in [5.74, 6) is 1.22. The number of aromatic nitrogens is 1. The van der Waals surface area contributed by atoms with Crippen LogP contribution in [-0.4, -0.2) is 24.1 Å². The third-order valence-electron chi connectivity index (χ3n) is 3.56. The summed E-state index contributed by atoms with van der Waals surface area (Å²) in [7, 11) is 0. The van der Waals surface area contributed by atoms with Crippen LogP contribution >= 0.6 is 27.3 Å². The number of hydrogen-bond acceptors (Lipinski definition) is 5. The van der Waals surface area contributed by atoms with E-state index < -0.39 is 0 Å². The van der Waals surface area contributed by atoms with Gasteiger partial charge in [-0.3, -0.25) is 10.1 Å². The first kappa shape index (κ1) is 18.7. The van der Waals surface area contributed by atoms with E-state index in [1.807, 2.05) is 30.3 Å². The highest BCUT2D eigenvalue weighted by atomic mass is 79.9. The molecule has 1 heterocycles. The van der Waals surface area contributed by atoms with Gasteiger partial charge in [0, 0.05) is 4.47 Å². The Morgan fingerprint density at radius 3 is 2.69 bits per heavy atom. The van der Waals surface area contributed by atoms with E-state index in [1.165, 1.54) is 11.3 Å². The fourth-order valence-corrected chi connectivity index (χ4v) is 3.39. The van der Waals surface area contributed by atoms with Crippen molar-refractivity contribution in [3.63, 3.8) is 0 Å². The van der Waals surface area contributed by atoms with Gasteiger partial charge in [-0.1, -0.05) is 40.6 Å². The minimum absolute atomic E-state index is 0.0665. The molecule has 0 radical (unpaired) electrons. The molecule has 0 saturated carbocycles. The van der Waals surface area contributed by atoms with Crippen molar-refractivity contribution in [2.75, 3.05) is 18.5 Å². The van der Waals surface area contributed by atoms with Crippen LogP contribution in [0.3, 0.4) is 0 Å². The van der Waals surface area contributed by atoms with Gasteiger partial charge in [0.25, 0.3) is 5.91 Å². The number of halogens is 1. The smallest absolute Gasteiger partial charge is 0.264 e. The van der Waals surface area contributed by atoms with Crippen LogP contribution in [0.1, 0.15) is 19.8 Å². The molecule has 0 saturated heterocycles. The minimum atomic E-state index is -0.244. The molecule has 0 aliphatic rings. The number of fused-ring (bicyclic) bond motifs is 1. The van der Waals surface area contributed by atoms with Crippen LogP contribution in [0.25, 0.3) is 10.2 Å². The summed E-state index contributed by atoms with van der Waals surface area (Å²) in [5, 5.41) is 3.33. The third kappa shape index (κ3) is 5.19. The first-order chi connectivity index (χ1) is 12.6. The Bertz CT molecular complexity index is 880. The highest BCUT2D eigenvalue weighted by Gasteiger charge is 2.09. The topological polar surface area (TPSA) is 60.5 Å². The zero-order valence-corrected chi connectivity index (χ0v) is 16.7. The summed E-state index contributed by atoms with van der Waals surface area (Å²) in [6, 6.07) is 13.1. The molecule has 0 bridgehead atoms.